The van der Waals surface area contributed by atoms with Crippen molar-refractivity contribution in [1.82, 2.24) is 9.80 Å². The van der Waals surface area contributed by atoms with Gasteiger partial charge >= 0.3 is 0 Å². The molecule has 0 saturated carbocycles. The van der Waals surface area contributed by atoms with E-state index in [0.29, 0.717) is 6.54 Å². The highest BCUT2D eigenvalue weighted by atomic mass is 16.2. The second kappa shape index (κ2) is 10.1. The zero-order valence-electron chi connectivity index (χ0n) is 17.4. The predicted molar refractivity (Wildman–Crippen MR) is 122 cm³/mol. The average Bonchev–Trinajstić information content (AvgIpc) is 2.81. The quantitative estimate of drug-likeness (QED) is 0.600. The summed E-state index contributed by atoms with van der Waals surface area (Å²) in [6.45, 7) is 5.50. The molecule has 4 nitrogen and oxygen atoms in total. The van der Waals surface area contributed by atoms with Gasteiger partial charge in [0.1, 0.15) is 0 Å². The Bertz CT molecular complexity index is 907. The average molecular weight is 400 g/mol. The minimum atomic E-state index is 0.203. The summed E-state index contributed by atoms with van der Waals surface area (Å²) >= 11 is 0. The monoisotopic (exact) mass is 399 g/mol. The van der Waals surface area contributed by atoms with Crippen LogP contribution < -0.4 is 4.90 Å². The topological polar surface area (TPSA) is 26.8 Å². The Morgan fingerprint density at radius 1 is 0.700 bits per heavy atom. The molecule has 4 heteroatoms. The first kappa shape index (κ1) is 20.2. The summed E-state index contributed by atoms with van der Waals surface area (Å²) < 4.78 is 0. The number of amides is 1. The fourth-order valence-electron chi connectivity index (χ4n) is 3.94. The maximum Gasteiger partial charge on any atom is 0.242 e. The van der Waals surface area contributed by atoms with Crippen molar-refractivity contribution in [3.8, 4) is 0 Å². The molecule has 0 N–H and O–H groups in total. The number of carbonyl (C=O) groups is 1. The number of hydrogen-bond acceptors (Lipinski definition) is 3. The lowest BCUT2D eigenvalue weighted by Gasteiger charge is -2.36. The number of benzene rings is 3. The number of hydrogen-bond donors (Lipinski definition) is 0. The fraction of sp³-hybridized carbons (Fsp3) is 0.269. The van der Waals surface area contributed by atoms with Crippen LogP contribution in [0.3, 0.4) is 0 Å². The van der Waals surface area contributed by atoms with Crippen LogP contribution in [0.1, 0.15) is 11.1 Å². The minimum Gasteiger partial charge on any atom is -0.358 e. The summed E-state index contributed by atoms with van der Waals surface area (Å²) in [6, 6.07) is 31.1. The molecule has 0 bridgehead atoms. The largest absolute Gasteiger partial charge is 0.358 e. The Labute approximate surface area is 179 Å². The number of piperazine rings is 1. The van der Waals surface area contributed by atoms with Gasteiger partial charge < -0.3 is 9.80 Å². The van der Waals surface area contributed by atoms with Gasteiger partial charge in [0.05, 0.1) is 6.54 Å². The molecular weight excluding hydrogens is 370 g/mol. The van der Waals surface area contributed by atoms with E-state index >= 15 is 0 Å². The molecule has 4 rings (SSSR count). The molecular formula is C26H29N3O. The van der Waals surface area contributed by atoms with Gasteiger partial charge in [-0.15, -0.1) is 0 Å². The maximum atomic E-state index is 13.1. The molecule has 0 spiro atoms. The second-order valence-electron chi connectivity index (χ2n) is 7.82. The molecule has 1 saturated heterocycles. The molecule has 0 unspecified atom stereocenters. The van der Waals surface area contributed by atoms with E-state index in [2.05, 4.69) is 58.3 Å². The smallest absolute Gasteiger partial charge is 0.242 e. The standard InChI is InChI=1S/C26H29N3O/c30-26(28-18-16-27(17-19-28)20-23-10-4-1-5-11-23)22-29(25-14-8-3-9-15-25)21-24-12-6-2-7-13-24/h1-15H,16-22H2. The van der Waals surface area contributed by atoms with E-state index in [1.807, 2.05) is 47.4 Å². The molecule has 1 amide bonds. The molecule has 3 aromatic rings. The summed E-state index contributed by atoms with van der Waals surface area (Å²) in [4.78, 5) is 19.7. The summed E-state index contributed by atoms with van der Waals surface area (Å²) in [7, 11) is 0. The Hall–Kier alpha value is -3.11. The van der Waals surface area contributed by atoms with Crippen LogP contribution in [-0.2, 0) is 17.9 Å². The normalized spacial score (nSPS) is 14.5. The number of nitrogens with zero attached hydrogens (tertiary/aromatic N) is 3. The SMILES string of the molecule is O=C(CN(Cc1ccccc1)c1ccccc1)N1CCN(Cc2ccccc2)CC1. The van der Waals surface area contributed by atoms with Gasteiger partial charge in [0, 0.05) is 45.0 Å². The number of para-hydroxylation sites is 1. The van der Waals surface area contributed by atoms with Gasteiger partial charge in [0.25, 0.3) is 0 Å². The Kier molecular flexibility index (Phi) is 6.78. The summed E-state index contributed by atoms with van der Waals surface area (Å²) in [5.74, 6) is 0.203. The van der Waals surface area contributed by atoms with Crippen LogP contribution in [0.2, 0.25) is 0 Å². The van der Waals surface area contributed by atoms with Crippen LogP contribution in [0.4, 0.5) is 5.69 Å². The third kappa shape index (κ3) is 5.49. The molecule has 154 valence electrons. The zero-order valence-corrected chi connectivity index (χ0v) is 17.4. The van der Waals surface area contributed by atoms with E-state index in [-0.39, 0.29) is 5.91 Å². The second-order valence-corrected chi connectivity index (χ2v) is 7.82. The summed E-state index contributed by atoms with van der Waals surface area (Å²) in [6.07, 6.45) is 0. The van der Waals surface area contributed by atoms with E-state index in [0.717, 1.165) is 45.0 Å². The number of anilines is 1. The molecule has 1 aliphatic heterocycles. The highest BCUT2D eigenvalue weighted by Gasteiger charge is 2.23. The van der Waals surface area contributed by atoms with Crippen LogP contribution in [0.25, 0.3) is 0 Å². The molecule has 30 heavy (non-hydrogen) atoms. The van der Waals surface area contributed by atoms with Crippen LogP contribution in [0.5, 0.6) is 0 Å². The van der Waals surface area contributed by atoms with E-state index < -0.39 is 0 Å². The van der Waals surface area contributed by atoms with Crippen LogP contribution in [0.15, 0.2) is 91.0 Å². The molecule has 0 radical (unpaired) electrons. The first-order valence-corrected chi connectivity index (χ1v) is 10.7. The highest BCUT2D eigenvalue weighted by Crippen LogP contribution is 2.17. The van der Waals surface area contributed by atoms with Crippen molar-refractivity contribution in [3.05, 3.63) is 102 Å². The number of rotatable bonds is 7. The van der Waals surface area contributed by atoms with Crippen molar-refractivity contribution in [2.75, 3.05) is 37.6 Å². The lowest BCUT2D eigenvalue weighted by molar-refractivity contribution is -0.131. The third-order valence-electron chi connectivity index (χ3n) is 5.64. The molecule has 1 heterocycles. The maximum absolute atomic E-state index is 13.1. The molecule has 1 fully saturated rings. The van der Waals surface area contributed by atoms with Crippen molar-refractivity contribution in [1.29, 1.82) is 0 Å². The van der Waals surface area contributed by atoms with Gasteiger partial charge in [0.15, 0.2) is 0 Å². The summed E-state index contributed by atoms with van der Waals surface area (Å²) in [5.41, 5.74) is 3.62. The molecule has 3 aromatic carbocycles. The lowest BCUT2D eigenvalue weighted by Crippen LogP contribution is -2.50. The van der Waals surface area contributed by atoms with E-state index in [1.165, 1.54) is 11.1 Å². The molecule has 0 aromatic heterocycles. The van der Waals surface area contributed by atoms with Crippen molar-refractivity contribution in [3.63, 3.8) is 0 Å². The predicted octanol–water partition coefficient (Wildman–Crippen LogP) is 4.04. The van der Waals surface area contributed by atoms with Gasteiger partial charge in [-0.2, -0.15) is 0 Å². The van der Waals surface area contributed by atoms with E-state index in [9.17, 15) is 4.79 Å². The van der Waals surface area contributed by atoms with Crippen molar-refractivity contribution < 1.29 is 4.79 Å². The molecule has 0 atom stereocenters. The summed E-state index contributed by atoms with van der Waals surface area (Å²) in [5, 5.41) is 0. The highest BCUT2D eigenvalue weighted by molar-refractivity contribution is 5.81. The molecule has 1 aliphatic rings. The first-order chi connectivity index (χ1) is 14.8. The van der Waals surface area contributed by atoms with Gasteiger partial charge in [-0.25, -0.2) is 0 Å². The van der Waals surface area contributed by atoms with Gasteiger partial charge in [-0.1, -0.05) is 78.9 Å². The van der Waals surface area contributed by atoms with Crippen LogP contribution in [-0.4, -0.2) is 48.4 Å². The van der Waals surface area contributed by atoms with Crippen molar-refractivity contribution in [2.45, 2.75) is 13.1 Å². The lowest BCUT2D eigenvalue weighted by atomic mass is 10.2. The Morgan fingerprint density at radius 3 is 1.83 bits per heavy atom. The van der Waals surface area contributed by atoms with E-state index in [1.54, 1.807) is 0 Å². The Balaban J connectivity index is 1.36. The van der Waals surface area contributed by atoms with Gasteiger partial charge in [0.2, 0.25) is 5.91 Å². The minimum absolute atomic E-state index is 0.203. The molecule has 0 aliphatic carbocycles. The van der Waals surface area contributed by atoms with E-state index in [4.69, 9.17) is 0 Å². The Morgan fingerprint density at radius 2 is 1.23 bits per heavy atom. The zero-order chi connectivity index (χ0) is 20.6. The van der Waals surface area contributed by atoms with Crippen molar-refractivity contribution in [2.24, 2.45) is 0 Å². The van der Waals surface area contributed by atoms with Crippen LogP contribution >= 0.6 is 0 Å². The fourth-order valence-corrected chi connectivity index (χ4v) is 3.94. The van der Waals surface area contributed by atoms with Crippen LogP contribution in [0, 0.1) is 0 Å². The van der Waals surface area contributed by atoms with Gasteiger partial charge in [-0.05, 0) is 23.3 Å². The first-order valence-electron chi connectivity index (χ1n) is 10.7. The number of carbonyl (C=O) groups excluding carboxylic acids is 1. The van der Waals surface area contributed by atoms with Crippen molar-refractivity contribution >= 4 is 11.6 Å². The third-order valence-corrected chi connectivity index (χ3v) is 5.64. The van der Waals surface area contributed by atoms with Gasteiger partial charge in [-0.3, -0.25) is 9.69 Å².